The molecule has 1 aliphatic heterocycles. The number of allylic oxidation sites excluding steroid dienone is 1. The van der Waals surface area contributed by atoms with Gasteiger partial charge in [-0.05, 0) is 55.3 Å². The SMILES string of the molecule is O=C(O)c1cccc(N2C(C3CCCCC3)=C=Cc3cc(C(F)(F)F)ccc32)c1. The maximum absolute atomic E-state index is 13.2. The monoisotopic (exact) mass is 399 g/mol. The van der Waals surface area contributed by atoms with Crippen molar-refractivity contribution in [3.8, 4) is 0 Å². The molecule has 2 aliphatic rings. The minimum atomic E-state index is -4.43. The first kappa shape index (κ1) is 19.3. The van der Waals surface area contributed by atoms with Crippen molar-refractivity contribution in [1.82, 2.24) is 0 Å². The Hall–Kier alpha value is -2.98. The van der Waals surface area contributed by atoms with Gasteiger partial charge in [0.15, 0.2) is 0 Å². The van der Waals surface area contributed by atoms with E-state index in [0.29, 0.717) is 16.9 Å². The Morgan fingerprint density at radius 1 is 1.07 bits per heavy atom. The smallest absolute Gasteiger partial charge is 0.416 e. The number of carboxylic acids is 1. The van der Waals surface area contributed by atoms with Gasteiger partial charge in [-0.15, -0.1) is 0 Å². The van der Waals surface area contributed by atoms with Crippen molar-refractivity contribution in [2.75, 3.05) is 4.90 Å². The molecule has 3 nitrogen and oxygen atoms in total. The summed E-state index contributed by atoms with van der Waals surface area (Å²) in [5.41, 5.74) is 5.18. The number of alkyl halides is 3. The third kappa shape index (κ3) is 3.81. The Balaban J connectivity index is 1.86. The van der Waals surface area contributed by atoms with E-state index in [0.717, 1.165) is 43.5 Å². The molecule has 0 spiro atoms. The minimum Gasteiger partial charge on any atom is -0.478 e. The van der Waals surface area contributed by atoms with E-state index in [1.165, 1.54) is 18.6 Å². The predicted octanol–water partition coefficient (Wildman–Crippen LogP) is 6.63. The molecule has 1 N–H and O–H groups in total. The molecular weight excluding hydrogens is 379 g/mol. The molecule has 0 unspecified atom stereocenters. The molecule has 0 aromatic heterocycles. The van der Waals surface area contributed by atoms with Crippen LogP contribution in [0, 0.1) is 5.92 Å². The van der Waals surface area contributed by atoms with Crippen molar-refractivity contribution in [2.45, 2.75) is 38.3 Å². The summed E-state index contributed by atoms with van der Waals surface area (Å²) in [4.78, 5) is 13.3. The van der Waals surface area contributed by atoms with Crippen LogP contribution in [-0.4, -0.2) is 11.1 Å². The summed E-state index contributed by atoms with van der Waals surface area (Å²) in [6.45, 7) is 0. The lowest BCUT2D eigenvalue weighted by Crippen LogP contribution is -2.26. The van der Waals surface area contributed by atoms with Crippen LogP contribution in [0.2, 0.25) is 0 Å². The topological polar surface area (TPSA) is 40.5 Å². The highest BCUT2D eigenvalue weighted by molar-refractivity contribution is 5.90. The largest absolute Gasteiger partial charge is 0.478 e. The lowest BCUT2D eigenvalue weighted by atomic mass is 9.85. The van der Waals surface area contributed by atoms with Crippen LogP contribution in [0.3, 0.4) is 0 Å². The van der Waals surface area contributed by atoms with Crippen LogP contribution in [0.4, 0.5) is 24.5 Å². The summed E-state index contributed by atoms with van der Waals surface area (Å²) in [5.74, 6) is -0.806. The molecule has 1 fully saturated rings. The van der Waals surface area contributed by atoms with Gasteiger partial charge in [-0.25, -0.2) is 4.79 Å². The zero-order chi connectivity index (χ0) is 20.6. The van der Waals surface area contributed by atoms with Gasteiger partial charge in [0, 0.05) is 17.2 Å². The summed E-state index contributed by atoms with van der Waals surface area (Å²) < 4.78 is 39.5. The lowest BCUT2D eigenvalue weighted by molar-refractivity contribution is -0.137. The number of hydrogen-bond acceptors (Lipinski definition) is 2. The molecule has 29 heavy (non-hydrogen) atoms. The molecule has 1 heterocycles. The summed E-state index contributed by atoms with van der Waals surface area (Å²) >= 11 is 0. The molecule has 2 aromatic carbocycles. The highest BCUT2D eigenvalue weighted by Crippen LogP contribution is 2.43. The van der Waals surface area contributed by atoms with Crippen molar-refractivity contribution < 1.29 is 23.1 Å². The number of carboxylic acid groups (broad SMARTS) is 1. The number of benzene rings is 2. The maximum atomic E-state index is 13.2. The Bertz CT molecular complexity index is 1010. The van der Waals surface area contributed by atoms with Gasteiger partial charge in [-0.1, -0.05) is 31.1 Å². The molecule has 0 atom stereocenters. The first-order chi connectivity index (χ1) is 13.8. The second-order valence-corrected chi connectivity index (χ2v) is 7.47. The molecule has 150 valence electrons. The molecule has 0 radical (unpaired) electrons. The van der Waals surface area contributed by atoms with Gasteiger partial charge in [0.05, 0.1) is 22.5 Å². The molecule has 0 amide bonds. The van der Waals surface area contributed by atoms with Gasteiger partial charge in [0.1, 0.15) is 0 Å². The maximum Gasteiger partial charge on any atom is 0.416 e. The second kappa shape index (κ2) is 7.45. The van der Waals surface area contributed by atoms with Crippen LogP contribution in [0.25, 0.3) is 6.08 Å². The van der Waals surface area contributed by atoms with E-state index in [2.05, 4.69) is 5.73 Å². The normalized spacial score (nSPS) is 17.1. The Labute approximate surface area is 166 Å². The van der Waals surface area contributed by atoms with Crippen LogP contribution in [-0.2, 0) is 6.18 Å². The average Bonchev–Trinajstić information content (AvgIpc) is 2.72. The predicted molar refractivity (Wildman–Crippen MR) is 105 cm³/mol. The minimum absolute atomic E-state index is 0.133. The van der Waals surface area contributed by atoms with Gasteiger partial charge in [-0.3, -0.25) is 0 Å². The molecule has 6 heteroatoms. The van der Waals surface area contributed by atoms with Crippen LogP contribution in [0.15, 0.2) is 53.9 Å². The summed E-state index contributed by atoms with van der Waals surface area (Å²) in [7, 11) is 0. The van der Waals surface area contributed by atoms with E-state index in [1.54, 1.807) is 24.3 Å². The van der Waals surface area contributed by atoms with E-state index < -0.39 is 17.7 Å². The van der Waals surface area contributed by atoms with E-state index in [4.69, 9.17) is 0 Å². The number of carbonyl (C=O) groups is 1. The first-order valence-corrected chi connectivity index (χ1v) is 9.66. The van der Waals surface area contributed by atoms with Gasteiger partial charge in [0.25, 0.3) is 0 Å². The van der Waals surface area contributed by atoms with Crippen molar-refractivity contribution in [3.05, 3.63) is 70.6 Å². The van der Waals surface area contributed by atoms with Crippen molar-refractivity contribution in [1.29, 1.82) is 0 Å². The fraction of sp³-hybridized carbons (Fsp3) is 0.304. The fourth-order valence-corrected chi connectivity index (χ4v) is 4.13. The van der Waals surface area contributed by atoms with Crippen molar-refractivity contribution >= 4 is 23.4 Å². The number of anilines is 2. The molecule has 1 aliphatic carbocycles. The lowest BCUT2D eigenvalue weighted by Gasteiger charge is -2.36. The van der Waals surface area contributed by atoms with Crippen LogP contribution < -0.4 is 4.90 Å². The third-order valence-corrected chi connectivity index (χ3v) is 5.56. The van der Waals surface area contributed by atoms with E-state index in [-0.39, 0.29) is 11.5 Å². The Kier molecular flexibility index (Phi) is 4.97. The highest BCUT2D eigenvalue weighted by Gasteiger charge is 2.33. The quantitative estimate of drug-likeness (QED) is 0.589. The molecular formula is C23H20F3NO2. The van der Waals surface area contributed by atoms with Crippen LogP contribution in [0.5, 0.6) is 0 Å². The Morgan fingerprint density at radius 2 is 1.83 bits per heavy atom. The zero-order valence-electron chi connectivity index (χ0n) is 15.7. The molecule has 2 aromatic rings. The molecule has 1 saturated carbocycles. The fourth-order valence-electron chi connectivity index (χ4n) is 4.13. The standard InChI is InChI=1S/C23H20F3NO2/c24-23(25,26)18-10-12-21-16(13-18)9-11-20(15-5-2-1-3-6-15)27(21)19-8-4-7-17(14-19)22(28)29/h4,7-10,12-15H,1-3,5-6H2,(H,28,29). The number of fused-ring (bicyclic) bond motifs is 1. The van der Waals surface area contributed by atoms with Gasteiger partial charge < -0.3 is 10.0 Å². The second-order valence-electron chi connectivity index (χ2n) is 7.47. The van der Waals surface area contributed by atoms with Gasteiger partial charge >= 0.3 is 12.1 Å². The third-order valence-electron chi connectivity index (χ3n) is 5.56. The number of aromatic carboxylic acids is 1. The highest BCUT2D eigenvalue weighted by atomic mass is 19.4. The molecule has 4 rings (SSSR count). The van der Waals surface area contributed by atoms with E-state index in [1.807, 2.05) is 4.90 Å². The van der Waals surface area contributed by atoms with Crippen LogP contribution >= 0.6 is 0 Å². The van der Waals surface area contributed by atoms with Crippen molar-refractivity contribution in [3.63, 3.8) is 0 Å². The molecule has 0 bridgehead atoms. The average molecular weight is 399 g/mol. The zero-order valence-corrected chi connectivity index (χ0v) is 15.7. The summed E-state index contributed by atoms with van der Waals surface area (Å²) in [6.07, 6.45) is 2.53. The number of rotatable bonds is 3. The number of hydrogen-bond donors (Lipinski definition) is 1. The van der Waals surface area contributed by atoms with E-state index >= 15 is 0 Å². The summed E-state index contributed by atoms with van der Waals surface area (Å²) in [6, 6.07) is 10.1. The summed E-state index contributed by atoms with van der Waals surface area (Å²) in [5, 5.41) is 9.37. The van der Waals surface area contributed by atoms with E-state index in [9.17, 15) is 23.1 Å². The number of halogens is 3. The van der Waals surface area contributed by atoms with Gasteiger partial charge in [-0.2, -0.15) is 13.2 Å². The molecule has 0 saturated heterocycles. The van der Waals surface area contributed by atoms with Crippen LogP contribution in [0.1, 0.15) is 53.6 Å². The Morgan fingerprint density at radius 3 is 2.52 bits per heavy atom. The first-order valence-electron chi connectivity index (χ1n) is 9.66. The number of nitrogens with zero attached hydrogens (tertiary/aromatic N) is 1. The van der Waals surface area contributed by atoms with Gasteiger partial charge in [0.2, 0.25) is 0 Å². The van der Waals surface area contributed by atoms with Crippen molar-refractivity contribution in [2.24, 2.45) is 5.92 Å².